The van der Waals surface area contributed by atoms with Crippen molar-refractivity contribution in [1.29, 1.82) is 0 Å². The third-order valence-electron chi connectivity index (χ3n) is 1.93. The zero-order chi connectivity index (χ0) is 10.8. The summed E-state index contributed by atoms with van der Waals surface area (Å²) in [5.41, 5.74) is 0.645. The Labute approximate surface area is 91.9 Å². The Hall–Kier alpha value is -1.55. The summed E-state index contributed by atoms with van der Waals surface area (Å²) >= 11 is 5.79. The summed E-state index contributed by atoms with van der Waals surface area (Å²) in [5.74, 6) is -0.184. The molecule has 4 nitrogen and oxygen atoms in total. The van der Waals surface area contributed by atoms with Crippen molar-refractivity contribution < 1.29 is 9.53 Å². The number of rotatable bonds is 1. The second-order valence-electron chi connectivity index (χ2n) is 3.15. The Morgan fingerprint density at radius 2 is 2.33 bits per heavy atom. The smallest absolute Gasteiger partial charge is 0.297 e. The van der Waals surface area contributed by atoms with Crippen molar-refractivity contribution in [3.63, 3.8) is 0 Å². The molecule has 0 spiro atoms. The molecule has 15 heavy (non-hydrogen) atoms. The molecule has 1 aromatic carbocycles. The van der Waals surface area contributed by atoms with Gasteiger partial charge >= 0.3 is 0 Å². The first-order chi connectivity index (χ1) is 7.15. The highest BCUT2D eigenvalue weighted by Gasteiger charge is 2.26. The monoisotopic (exact) mass is 224 g/mol. The van der Waals surface area contributed by atoms with Crippen molar-refractivity contribution in [2.75, 3.05) is 0 Å². The van der Waals surface area contributed by atoms with Gasteiger partial charge in [-0.15, -0.1) is 0 Å². The van der Waals surface area contributed by atoms with E-state index in [0.29, 0.717) is 10.7 Å². The maximum Gasteiger partial charge on any atom is 0.297 e. The molecule has 1 fully saturated rings. The zero-order valence-corrected chi connectivity index (χ0v) is 8.78. The Kier molecular flexibility index (Phi) is 2.60. The van der Waals surface area contributed by atoms with Crippen molar-refractivity contribution in [3.05, 3.63) is 29.3 Å². The van der Waals surface area contributed by atoms with E-state index in [1.807, 2.05) is 0 Å². The average molecular weight is 225 g/mol. The molecule has 0 aliphatic carbocycles. The average Bonchev–Trinajstić information content (AvgIpc) is 2.45. The minimum absolute atomic E-state index is 0.184. The Morgan fingerprint density at radius 1 is 1.53 bits per heavy atom. The van der Waals surface area contributed by atoms with E-state index in [4.69, 9.17) is 16.3 Å². The normalized spacial score (nSPS) is 22.7. The number of amides is 1. The van der Waals surface area contributed by atoms with Crippen LogP contribution in [0.4, 0.5) is 5.69 Å². The van der Waals surface area contributed by atoms with E-state index in [1.165, 1.54) is 0 Å². The van der Waals surface area contributed by atoms with Crippen LogP contribution in [0.1, 0.15) is 6.92 Å². The maximum absolute atomic E-state index is 11.1. The number of halogens is 1. The number of nitrogens with one attached hydrogen (secondary N) is 1. The molecule has 1 saturated heterocycles. The summed E-state index contributed by atoms with van der Waals surface area (Å²) in [4.78, 5) is 15.2. The highest BCUT2D eigenvalue weighted by Crippen LogP contribution is 2.18. The van der Waals surface area contributed by atoms with E-state index in [1.54, 1.807) is 31.2 Å². The second-order valence-corrected chi connectivity index (χ2v) is 3.58. The van der Waals surface area contributed by atoms with Crippen molar-refractivity contribution in [2.45, 2.75) is 13.0 Å². The van der Waals surface area contributed by atoms with E-state index in [2.05, 4.69) is 10.3 Å². The fourth-order valence-corrected chi connectivity index (χ4v) is 1.36. The van der Waals surface area contributed by atoms with Gasteiger partial charge in [0.1, 0.15) is 0 Å². The fourth-order valence-electron chi connectivity index (χ4n) is 1.17. The van der Waals surface area contributed by atoms with Gasteiger partial charge in [-0.3, -0.25) is 10.1 Å². The molecule has 1 aliphatic rings. The number of aliphatic imine (C=N–C) groups is 1. The lowest BCUT2D eigenvalue weighted by atomic mass is 10.3. The molecule has 1 aromatic rings. The topological polar surface area (TPSA) is 50.7 Å². The van der Waals surface area contributed by atoms with Gasteiger partial charge in [-0.2, -0.15) is 4.99 Å². The first-order valence-electron chi connectivity index (χ1n) is 4.47. The lowest BCUT2D eigenvalue weighted by Gasteiger charge is -1.99. The van der Waals surface area contributed by atoms with E-state index in [-0.39, 0.29) is 11.9 Å². The molecule has 0 radical (unpaired) electrons. The third-order valence-corrected chi connectivity index (χ3v) is 2.16. The Balaban J connectivity index is 2.21. The van der Waals surface area contributed by atoms with Crippen LogP contribution < -0.4 is 5.32 Å². The minimum atomic E-state index is -0.483. The highest BCUT2D eigenvalue weighted by molar-refractivity contribution is 6.30. The van der Waals surface area contributed by atoms with Gasteiger partial charge in [0.25, 0.3) is 11.9 Å². The lowest BCUT2D eigenvalue weighted by Crippen LogP contribution is -2.23. The SMILES string of the molecule is CC1OC(=Nc2cccc(Cl)c2)NC1=O. The molecule has 1 amide bonds. The van der Waals surface area contributed by atoms with Crippen LogP contribution >= 0.6 is 11.6 Å². The molecule has 1 unspecified atom stereocenters. The fraction of sp³-hybridized carbons (Fsp3) is 0.200. The second kappa shape index (κ2) is 3.90. The van der Waals surface area contributed by atoms with Crippen LogP contribution in [-0.2, 0) is 9.53 Å². The number of amidine groups is 1. The molecule has 1 heterocycles. The summed E-state index contributed by atoms with van der Waals surface area (Å²) in [7, 11) is 0. The van der Waals surface area contributed by atoms with Gasteiger partial charge in [0.15, 0.2) is 6.10 Å². The Morgan fingerprint density at radius 3 is 2.93 bits per heavy atom. The van der Waals surface area contributed by atoms with E-state index in [9.17, 15) is 4.79 Å². The molecule has 0 aromatic heterocycles. The van der Waals surface area contributed by atoms with Crippen LogP contribution in [0.5, 0.6) is 0 Å². The molecule has 5 heteroatoms. The summed E-state index contributed by atoms with van der Waals surface area (Å²) in [6, 6.07) is 7.21. The van der Waals surface area contributed by atoms with Crippen LogP contribution in [0.25, 0.3) is 0 Å². The first-order valence-corrected chi connectivity index (χ1v) is 4.85. The Bertz CT molecular complexity index is 431. The maximum atomic E-state index is 11.1. The number of benzene rings is 1. The van der Waals surface area contributed by atoms with Gasteiger partial charge in [0.2, 0.25) is 0 Å². The van der Waals surface area contributed by atoms with E-state index >= 15 is 0 Å². The highest BCUT2D eigenvalue weighted by atomic mass is 35.5. The lowest BCUT2D eigenvalue weighted by molar-refractivity contribution is -0.122. The van der Waals surface area contributed by atoms with Gasteiger partial charge in [-0.05, 0) is 25.1 Å². The largest absolute Gasteiger partial charge is 0.452 e. The first kappa shape index (κ1) is 9.98. The number of carbonyl (C=O) groups excluding carboxylic acids is 1. The third kappa shape index (κ3) is 2.27. The zero-order valence-electron chi connectivity index (χ0n) is 8.03. The summed E-state index contributed by atoms with van der Waals surface area (Å²) in [5, 5.41) is 3.11. The quantitative estimate of drug-likeness (QED) is 0.792. The van der Waals surface area contributed by atoms with Gasteiger partial charge in [-0.25, -0.2) is 0 Å². The van der Waals surface area contributed by atoms with Crippen molar-refractivity contribution in [2.24, 2.45) is 4.99 Å². The summed E-state index contributed by atoms with van der Waals surface area (Å²) in [6.45, 7) is 1.66. The number of hydrogen-bond donors (Lipinski definition) is 1. The van der Waals surface area contributed by atoms with Gasteiger partial charge in [-0.1, -0.05) is 17.7 Å². The van der Waals surface area contributed by atoms with E-state index < -0.39 is 6.10 Å². The molecule has 0 bridgehead atoms. The van der Waals surface area contributed by atoms with Gasteiger partial charge in [0, 0.05) is 5.02 Å². The van der Waals surface area contributed by atoms with Crippen molar-refractivity contribution in [1.82, 2.24) is 5.32 Å². The van der Waals surface area contributed by atoms with Crippen LogP contribution in [0, 0.1) is 0 Å². The number of carbonyl (C=O) groups is 1. The predicted octanol–water partition coefficient (Wildman–Crippen LogP) is 1.86. The van der Waals surface area contributed by atoms with Crippen LogP contribution in [0.3, 0.4) is 0 Å². The van der Waals surface area contributed by atoms with Crippen molar-refractivity contribution >= 4 is 29.2 Å². The molecule has 78 valence electrons. The van der Waals surface area contributed by atoms with Gasteiger partial charge in [0.05, 0.1) is 5.69 Å². The molecule has 0 saturated carbocycles. The molecular formula is C10H9ClN2O2. The number of nitrogens with zero attached hydrogens (tertiary/aromatic N) is 1. The molecule has 1 aliphatic heterocycles. The van der Waals surface area contributed by atoms with Gasteiger partial charge < -0.3 is 4.74 Å². The minimum Gasteiger partial charge on any atom is -0.452 e. The molecule has 2 rings (SSSR count). The summed E-state index contributed by atoms with van der Waals surface area (Å²) in [6.07, 6.45) is -0.483. The molecular weight excluding hydrogens is 216 g/mol. The summed E-state index contributed by atoms with van der Waals surface area (Å²) < 4.78 is 5.16. The number of hydrogen-bond acceptors (Lipinski definition) is 3. The van der Waals surface area contributed by atoms with E-state index in [0.717, 1.165) is 0 Å². The predicted molar refractivity (Wildman–Crippen MR) is 57.2 cm³/mol. The van der Waals surface area contributed by atoms with Crippen molar-refractivity contribution in [3.8, 4) is 0 Å². The van der Waals surface area contributed by atoms with Crippen LogP contribution in [0.2, 0.25) is 5.02 Å². The standard InChI is InChI=1S/C10H9ClN2O2/c1-6-9(14)13-10(15-6)12-8-4-2-3-7(11)5-8/h2-6H,1H3,(H,12,13,14). The number of ether oxygens (including phenoxy) is 1. The molecule has 1 atom stereocenters. The molecule has 1 N–H and O–H groups in total. The van der Waals surface area contributed by atoms with Crippen LogP contribution in [0.15, 0.2) is 29.3 Å². The van der Waals surface area contributed by atoms with Crippen LogP contribution in [-0.4, -0.2) is 18.0 Å².